The molecule has 20 heavy (non-hydrogen) atoms. The fourth-order valence-corrected chi connectivity index (χ4v) is 5.38. The molecule has 0 aromatic carbocycles. The molecule has 3 N–H and O–H groups in total. The van der Waals surface area contributed by atoms with E-state index in [1.807, 2.05) is 0 Å². The number of allylic oxidation sites excluding steroid dienone is 1. The maximum absolute atomic E-state index is 11.8. The molecule has 5 fully saturated rings. The Morgan fingerprint density at radius 3 is 2.15 bits per heavy atom. The van der Waals surface area contributed by atoms with Crippen LogP contribution >= 0.6 is 0 Å². The van der Waals surface area contributed by atoms with Crippen molar-refractivity contribution in [1.82, 2.24) is 5.32 Å². The normalized spacial score (nSPS) is 44.0. The Morgan fingerprint density at radius 2 is 1.65 bits per heavy atom. The average molecular weight is 274 g/mol. The van der Waals surface area contributed by atoms with E-state index in [2.05, 4.69) is 17.5 Å². The summed E-state index contributed by atoms with van der Waals surface area (Å²) in [6.07, 6.45) is 15.0. The van der Waals surface area contributed by atoms with Gasteiger partial charge < -0.3 is 11.1 Å². The molecule has 0 heterocycles. The largest absolute Gasteiger partial charge is 0.351 e. The Hall–Kier alpha value is -0.830. The van der Waals surface area contributed by atoms with Crippen LogP contribution in [0, 0.1) is 23.2 Å². The van der Waals surface area contributed by atoms with E-state index in [0.29, 0.717) is 12.0 Å². The number of carbonyl (C=O) groups is 1. The smallest absolute Gasteiger partial charge is 0.240 e. The molecule has 3 nitrogen and oxygen atoms in total. The summed E-state index contributed by atoms with van der Waals surface area (Å²) in [7, 11) is 0. The number of rotatable bonds is 4. The van der Waals surface area contributed by atoms with Crippen molar-refractivity contribution in [1.29, 1.82) is 0 Å². The predicted molar refractivity (Wildman–Crippen MR) is 78.9 cm³/mol. The number of nitrogens with one attached hydrogen (secondary N) is 1. The van der Waals surface area contributed by atoms with Gasteiger partial charge in [0.1, 0.15) is 0 Å². The van der Waals surface area contributed by atoms with Gasteiger partial charge in [-0.2, -0.15) is 0 Å². The molecule has 4 bridgehead atoms. The fraction of sp³-hybridized carbons (Fsp3) is 0.824. The molecular weight excluding hydrogens is 248 g/mol. The van der Waals surface area contributed by atoms with E-state index < -0.39 is 5.54 Å². The monoisotopic (exact) mass is 274 g/mol. The predicted octanol–water partition coefficient (Wildman–Crippen LogP) is 2.37. The van der Waals surface area contributed by atoms with Crippen molar-refractivity contribution in [3.63, 3.8) is 0 Å². The van der Waals surface area contributed by atoms with E-state index in [0.717, 1.165) is 30.6 Å². The summed E-state index contributed by atoms with van der Waals surface area (Å²) >= 11 is 0. The summed E-state index contributed by atoms with van der Waals surface area (Å²) in [4.78, 5) is 11.8. The Balaban J connectivity index is 1.34. The SMILES string of the molecule is NC1(C(=O)NC/C=C/C23CC4CC(CC(C4)C2)C3)CC1. The molecule has 5 rings (SSSR count). The lowest BCUT2D eigenvalue weighted by molar-refractivity contribution is -0.123. The van der Waals surface area contributed by atoms with Crippen molar-refractivity contribution >= 4 is 5.91 Å². The number of amides is 1. The average Bonchev–Trinajstić information content (AvgIpc) is 3.12. The summed E-state index contributed by atoms with van der Waals surface area (Å²) in [5.74, 6) is 2.99. The second kappa shape index (κ2) is 4.33. The van der Waals surface area contributed by atoms with Crippen LogP contribution < -0.4 is 11.1 Å². The summed E-state index contributed by atoms with van der Waals surface area (Å²) in [5.41, 5.74) is 5.82. The van der Waals surface area contributed by atoms with Gasteiger partial charge >= 0.3 is 0 Å². The van der Waals surface area contributed by atoms with E-state index in [4.69, 9.17) is 5.73 Å². The first-order chi connectivity index (χ1) is 9.57. The molecule has 5 aliphatic rings. The van der Waals surface area contributed by atoms with Crippen LogP contribution in [0.25, 0.3) is 0 Å². The summed E-state index contributed by atoms with van der Waals surface area (Å²) in [5, 5.41) is 2.97. The molecule has 0 unspecified atom stereocenters. The maximum atomic E-state index is 11.8. The summed E-state index contributed by atoms with van der Waals surface area (Å²) in [6, 6.07) is 0. The zero-order chi connectivity index (χ0) is 13.8. The highest BCUT2D eigenvalue weighted by molar-refractivity contribution is 5.89. The van der Waals surface area contributed by atoms with Gasteiger partial charge in [-0.25, -0.2) is 0 Å². The summed E-state index contributed by atoms with van der Waals surface area (Å²) in [6.45, 7) is 0.652. The number of hydrogen-bond donors (Lipinski definition) is 2. The van der Waals surface area contributed by atoms with Crippen LogP contribution in [0.3, 0.4) is 0 Å². The molecule has 0 spiro atoms. The Labute approximate surface area is 121 Å². The molecule has 0 atom stereocenters. The third-order valence-electron chi connectivity index (χ3n) is 6.18. The van der Waals surface area contributed by atoms with Crippen LogP contribution in [-0.4, -0.2) is 18.0 Å². The molecular formula is C17H26N2O. The molecule has 3 heteroatoms. The topological polar surface area (TPSA) is 55.1 Å². The zero-order valence-electron chi connectivity index (χ0n) is 12.2. The molecule has 0 radical (unpaired) electrons. The third kappa shape index (κ3) is 2.20. The number of carbonyl (C=O) groups excluding carboxylic acids is 1. The van der Waals surface area contributed by atoms with Crippen molar-refractivity contribution in [3.8, 4) is 0 Å². The molecule has 0 saturated heterocycles. The van der Waals surface area contributed by atoms with E-state index in [-0.39, 0.29) is 5.91 Å². The molecule has 0 aliphatic heterocycles. The molecule has 5 aliphatic carbocycles. The van der Waals surface area contributed by atoms with Gasteiger partial charge in [0.05, 0.1) is 5.54 Å². The van der Waals surface area contributed by atoms with Crippen LogP contribution in [0.4, 0.5) is 0 Å². The molecule has 1 amide bonds. The minimum Gasteiger partial charge on any atom is -0.351 e. The maximum Gasteiger partial charge on any atom is 0.240 e. The Morgan fingerprint density at radius 1 is 1.10 bits per heavy atom. The number of nitrogens with two attached hydrogens (primary N) is 1. The Bertz CT molecular complexity index is 415. The Kier molecular flexibility index (Phi) is 2.79. The van der Waals surface area contributed by atoms with Gasteiger partial charge in [-0.05, 0) is 74.5 Å². The first-order valence-corrected chi connectivity index (χ1v) is 8.32. The van der Waals surface area contributed by atoms with Crippen molar-refractivity contribution in [3.05, 3.63) is 12.2 Å². The van der Waals surface area contributed by atoms with Crippen molar-refractivity contribution in [2.75, 3.05) is 6.54 Å². The van der Waals surface area contributed by atoms with Gasteiger partial charge in [-0.15, -0.1) is 0 Å². The van der Waals surface area contributed by atoms with Gasteiger partial charge in [0, 0.05) is 6.54 Å². The van der Waals surface area contributed by atoms with Gasteiger partial charge in [0.25, 0.3) is 0 Å². The van der Waals surface area contributed by atoms with E-state index >= 15 is 0 Å². The van der Waals surface area contributed by atoms with E-state index in [1.54, 1.807) is 0 Å². The lowest BCUT2D eigenvalue weighted by Crippen LogP contribution is -2.45. The van der Waals surface area contributed by atoms with Crippen LogP contribution in [0.15, 0.2) is 12.2 Å². The molecule has 0 aromatic heterocycles. The van der Waals surface area contributed by atoms with Crippen molar-refractivity contribution in [2.45, 2.75) is 56.9 Å². The van der Waals surface area contributed by atoms with E-state index in [9.17, 15) is 4.79 Å². The fourth-order valence-electron chi connectivity index (χ4n) is 5.38. The lowest BCUT2D eigenvalue weighted by atomic mass is 9.49. The first-order valence-electron chi connectivity index (χ1n) is 8.32. The highest BCUT2D eigenvalue weighted by Gasteiger charge is 2.49. The minimum absolute atomic E-state index is 0.0349. The highest BCUT2D eigenvalue weighted by Crippen LogP contribution is 2.60. The third-order valence-corrected chi connectivity index (χ3v) is 6.18. The standard InChI is InChI=1S/C17H26N2O/c18-17(3-4-17)15(20)19-5-1-2-16-9-12-6-13(10-16)8-14(7-12)11-16/h1-2,12-14H,3-11,18H2,(H,19,20)/b2-1+. The first kappa shape index (κ1) is 12.9. The van der Waals surface area contributed by atoms with Crippen LogP contribution in [0.5, 0.6) is 0 Å². The van der Waals surface area contributed by atoms with Gasteiger partial charge in [0.2, 0.25) is 5.91 Å². The second-order valence-electron chi connectivity index (χ2n) is 8.05. The van der Waals surface area contributed by atoms with Gasteiger partial charge in [-0.1, -0.05) is 12.2 Å². The van der Waals surface area contributed by atoms with Crippen LogP contribution in [0.1, 0.15) is 51.4 Å². The number of hydrogen-bond acceptors (Lipinski definition) is 2. The lowest BCUT2D eigenvalue weighted by Gasteiger charge is -2.55. The molecule has 5 saturated carbocycles. The van der Waals surface area contributed by atoms with Crippen LogP contribution in [-0.2, 0) is 4.79 Å². The van der Waals surface area contributed by atoms with Crippen LogP contribution in [0.2, 0.25) is 0 Å². The molecule has 110 valence electrons. The highest BCUT2D eigenvalue weighted by atomic mass is 16.2. The van der Waals surface area contributed by atoms with Crippen molar-refractivity contribution in [2.24, 2.45) is 28.9 Å². The summed E-state index contributed by atoms with van der Waals surface area (Å²) < 4.78 is 0. The van der Waals surface area contributed by atoms with Gasteiger partial charge in [0.15, 0.2) is 0 Å². The minimum atomic E-state index is -0.533. The second-order valence-corrected chi connectivity index (χ2v) is 8.05. The van der Waals surface area contributed by atoms with Gasteiger partial charge in [-0.3, -0.25) is 4.79 Å². The molecule has 0 aromatic rings. The van der Waals surface area contributed by atoms with E-state index in [1.165, 1.54) is 38.5 Å². The van der Waals surface area contributed by atoms with Crippen molar-refractivity contribution < 1.29 is 4.79 Å². The zero-order valence-corrected chi connectivity index (χ0v) is 12.2. The quantitative estimate of drug-likeness (QED) is 0.773.